The monoisotopic (exact) mass is 297 g/mol. The molecule has 0 heterocycles. The van der Waals surface area contributed by atoms with Crippen molar-refractivity contribution in [3.8, 4) is 0 Å². The number of anilines is 1. The lowest BCUT2D eigenvalue weighted by atomic mass is 10.2. The van der Waals surface area contributed by atoms with Crippen LogP contribution in [0.25, 0.3) is 0 Å². The highest BCUT2D eigenvalue weighted by atomic mass is 32.2. The largest absolute Gasteiger partial charge is 0.335 e. The van der Waals surface area contributed by atoms with Crippen molar-refractivity contribution in [2.24, 2.45) is 5.14 Å². The van der Waals surface area contributed by atoms with Gasteiger partial charge in [0.25, 0.3) is 0 Å². The summed E-state index contributed by atoms with van der Waals surface area (Å²) >= 11 is 0. The molecule has 20 heavy (non-hydrogen) atoms. The molecule has 0 aromatic heterocycles. The minimum absolute atomic E-state index is 0.0146. The summed E-state index contributed by atoms with van der Waals surface area (Å²) in [6.07, 6.45) is 4.24. The molecule has 0 unspecified atom stereocenters. The number of carbonyl (C=O) groups excluding carboxylic acids is 1. The van der Waals surface area contributed by atoms with Gasteiger partial charge in [-0.3, -0.25) is 0 Å². The zero-order valence-corrected chi connectivity index (χ0v) is 12.2. The molecule has 4 N–H and O–H groups in total. The summed E-state index contributed by atoms with van der Waals surface area (Å²) in [6, 6.07) is 4.30. The quantitative estimate of drug-likeness (QED) is 0.791. The van der Waals surface area contributed by atoms with E-state index in [0.29, 0.717) is 5.69 Å². The fourth-order valence-corrected chi connectivity index (χ4v) is 2.87. The van der Waals surface area contributed by atoms with E-state index in [1.54, 1.807) is 13.0 Å². The molecule has 0 bridgehead atoms. The molecule has 1 saturated carbocycles. The fourth-order valence-electron chi connectivity index (χ4n) is 2.33. The van der Waals surface area contributed by atoms with Gasteiger partial charge in [-0.2, -0.15) is 0 Å². The van der Waals surface area contributed by atoms with E-state index >= 15 is 0 Å². The normalized spacial score (nSPS) is 16.1. The Hall–Kier alpha value is -1.60. The number of hydrogen-bond donors (Lipinski definition) is 3. The van der Waals surface area contributed by atoms with Crippen molar-refractivity contribution in [3.63, 3.8) is 0 Å². The van der Waals surface area contributed by atoms with Gasteiger partial charge in [0, 0.05) is 11.7 Å². The predicted molar refractivity (Wildman–Crippen MR) is 77.0 cm³/mol. The van der Waals surface area contributed by atoms with Gasteiger partial charge >= 0.3 is 6.03 Å². The molecule has 0 radical (unpaired) electrons. The molecule has 7 heteroatoms. The molecule has 2 amide bonds. The number of amides is 2. The Balaban J connectivity index is 2.09. The Kier molecular flexibility index (Phi) is 4.29. The lowest BCUT2D eigenvalue weighted by molar-refractivity contribution is 0.248. The first-order chi connectivity index (χ1) is 9.36. The van der Waals surface area contributed by atoms with Gasteiger partial charge in [0.1, 0.15) is 0 Å². The summed E-state index contributed by atoms with van der Waals surface area (Å²) in [4.78, 5) is 11.9. The van der Waals surface area contributed by atoms with Gasteiger partial charge in [-0.25, -0.2) is 18.4 Å². The molecular weight excluding hydrogens is 278 g/mol. The van der Waals surface area contributed by atoms with E-state index < -0.39 is 10.0 Å². The van der Waals surface area contributed by atoms with Crippen LogP contribution in [-0.2, 0) is 10.0 Å². The number of hydrogen-bond acceptors (Lipinski definition) is 3. The van der Waals surface area contributed by atoms with E-state index in [-0.39, 0.29) is 17.0 Å². The number of primary sulfonamides is 1. The van der Waals surface area contributed by atoms with Crippen LogP contribution in [0.15, 0.2) is 23.1 Å². The summed E-state index contributed by atoms with van der Waals surface area (Å²) in [5.74, 6) is 0. The molecule has 1 aromatic carbocycles. The van der Waals surface area contributed by atoms with Gasteiger partial charge in [-0.05, 0) is 37.5 Å². The van der Waals surface area contributed by atoms with E-state index in [0.717, 1.165) is 31.2 Å². The van der Waals surface area contributed by atoms with Gasteiger partial charge < -0.3 is 10.6 Å². The van der Waals surface area contributed by atoms with Crippen molar-refractivity contribution in [3.05, 3.63) is 23.8 Å². The third kappa shape index (κ3) is 3.71. The van der Waals surface area contributed by atoms with Crippen molar-refractivity contribution < 1.29 is 13.2 Å². The van der Waals surface area contributed by atoms with E-state index in [1.165, 1.54) is 12.1 Å². The lowest BCUT2D eigenvalue weighted by Gasteiger charge is -2.14. The number of aryl methyl sites for hydroxylation is 1. The Morgan fingerprint density at radius 1 is 1.30 bits per heavy atom. The number of urea groups is 1. The van der Waals surface area contributed by atoms with E-state index in [4.69, 9.17) is 5.14 Å². The van der Waals surface area contributed by atoms with Crippen molar-refractivity contribution >= 4 is 21.7 Å². The van der Waals surface area contributed by atoms with Gasteiger partial charge in [-0.15, -0.1) is 0 Å². The van der Waals surface area contributed by atoms with Crippen LogP contribution in [0.5, 0.6) is 0 Å². The maximum absolute atomic E-state index is 11.9. The van der Waals surface area contributed by atoms with Crippen molar-refractivity contribution in [1.82, 2.24) is 5.32 Å². The second-order valence-electron chi connectivity index (χ2n) is 5.10. The summed E-state index contributed by atoms with van der Waals surface area (Å²) in [5.41, 5.74) is 1.23. The Morgan fingerprint density at radius 2 is 1.95 bits per heavy atom. The van der Waals surface area contributed by atoms with E-state index in [9.17, 15) is 13.2 Å². The van der Waals surface area contributed by atoms with Crippen molar-refractivity contribution in [2.45, 2.75) is 43.5 Å². The molecule has 2 rings (SSSR count). The Labute approximate surface area is 118 Å². The number of nitrogens with two attached hydrogens (primary N) is 1. The highest BCUT2D eigenvalue weighted by Gasteiger charge is 2.18. The maximum Gasteiger partial charge on any atom is 0.319 e. The van der Waals surface area contributed by atoms with Crippen molar-refractivity contribution in [2.75, 3.05) is 5.32 Å². The number of rotatable bonds is 3. The molecule has 110 valence electrons. The second kappa shape index (κ2) is 5.80. The van der Waals surface area contributed by atoms with Gasteiger partial charge in [0.05, 0.1) is 4.90 Å². The lowest BCUT2D eigenvalue weighted by Crippen LogP contribution is -2.36. The second-order valence-corrected chi connectivity index (χ2v) is 6.66. The molecular formula is C13H19N3O3S. The first kappa shape index (κ1) is 14.8. The first-order valence-electron chi connectivity index (χ1n) is 6.57. The van der Waals surface area contributed by atoms with Crippen LogP contribution in [0.1, 0.15) is 31.2 Å². The van der Waals surface area contributed by atoms with Gasteiger partial charge in [-0.1, -0.05) is 18.9 Å². The maximum atomic E-state index is 11.9. The molecule has 6 nitrogen and oxygen atoms in total. The Bertz CT molecular complexity index is 607. The molecule has 1 fully saturated rings. The zero-order chi connectivity index (χ0) is 14.8. The molecule has 0 atom stereocenters. The molecule has 1 aliphatic carbocycles. The predicted octanol–water partition coefficient (Wildman–Crippen LogP) is 1.71. The van der Waals surface area contributed by atoms with Crippen LogP contribution in [0.2, 0.25) is 0 Å². The number of benzene rings is 1. The van der Waals surface area contributed by atoms with Crippen LogP contribution in [-0.4, -0.2) is 20.5 Å². The number of sulfonamides is 1. The third-order valence-electron chi connectivity index (χ3n) is 3.48. The van der Waals surface area contributed by atoms with Crippen molar-refractivity contribution in [1.29, 1.82) is 0 Å². The van der Waals surface area contributed by atoms with E-state index in [1.807, 2.05) is 0 Å². The summed E-state index contributed by atoms with van der Waals surface area (Å²) in [6.45, 7) is 1.79. The average Bonchev–Trinajstić information content (AvgIpc) is 2.83. The highest BCUT2D eigenvalue weighted by Crippen LogP contribution is 2.20. The van der Waals surface area contributed by atoms with Crippen LogP contribution in [0, 0.1) is 6.92 Å². The standard InChI is InChI=1S/C13H19N3O3S/c1-9-6-7-11(20(14,18)19)8-12(9)16-13(17)15-10-4-2-3-5-10/h6-8,10H,2-5H2,1H3,(H2,14,18,19)(H2,15,16,17). The Morgan fingerprint density at radius 3 is 2.55 bits per heavy atom. The summed E-state index contributed by atoms with van der Waals surface area (Å²) in [7, 11) is -3.77. The minimum Gasteiger partial charge on any atom is -0.335 e. The first-order valence-corrected chi connectivity index (χ1v) is 8.12. The number of carbonyl (C=O) groups is 1. The van der Waals surface area contributed by atoms with E-state index in [2.05, 4.69) is 10.6 Å². The molecule has 0 aliphatic heterocycles. The molecule has 0 spiro atoms. The molecule has 1 aromatic rings. The fraction of sp³-hybridized carbons (Fsp3) is 0.462. The average molecular weight is 297 g/mol. The molecule has 1 aliphatic rings. The third-order valence-corrected chi connectivity index (χ3v) is 4.39. The summed E-state index contributed by atoms with van der Waals surface area (Å²) < 4.78 is 22.6. The minimum atomic E-state index is -3.77. The SMILES string of the molecule is Cc1ccc(S(N)(=O)=O)cc1NC(=O)NC1CCCC1. The summed E-state index contributed by atoms with van der Waals surface area (Å²) in [5, 5.41) is 10.6. The topological polar surface area (TPSA) is 101 Å². The van der Waals surface area contributed by atoms with Crippen LogP contribution in [0.3, 0.4) is 0 Å². The van der Waals surface area contributed by atoms with Crippen LogP contribution in [0.4, 0.5) is 10.5 Å². The molecule has 0 saturated heterocycles. The van der Waals surface area contributed by atoms with Crippen LogP contribution >= 0.6 is 0 Å². The van der Waals surface area contributed by atoms with Crippen LogP contribution < -0.4 is 15.8 Å². The van der Waals surface area contributed by atoms with Gasteiger partial charge in [0.15, 0.2) is 0 Å². The number of nitrogens with one attached hydrogen (secondary N) is 2. The highest BCUT2D eigenvalue weighted by molar-refractivity contribution is 7.89. The van der Waals surface area contributed by atoms with Gasteiger partial charge in [0.2, 0.25) is 10.0 Å². The zero-order valence-electron chi connectivity index (χ0n) is 11.3. The smallest absolute Gasteiger partial charge is 0.319 e.